The average Bonchev–Trinajstić information content (AvgIpc) is 2.58. The molecule has 0 aliphatic heterocycles. The molecule has 14 heavy (non-hydrogen) atoms. The number of anilines is 1. The lowest BCUT2D eigenvalue weighted by molar-refractivity contribution is 0.538. The number of benzene rings is 1. The van der Waals surface area contributed by atoms with Crippen molar-refractivity contribution < 1.29 is 4.42 Å². The molecule has 2 N–H and O–H groups in total. The molecule has 0 unspecified atom stereocenters. The van der Waals surface area contributed by atoms with Gasteiger partial charge >= 0.3 is 0 Å². The summed E-state index contributed by atoms with van der Waals surface area (Å²) in [6.45, 7) is 1.94. The van der Waals surface area contributed by atoms with Crippen LogP contribution in [0.25, 0.3) is 11.1 Å². The van der Waals surface area contributed by atoms with Gasteiger partial charge in [-0.05, 0) is 6.07 Å². The maximum absolute atomic E-state index is 5.95. The van der Waals surface area contributed by atoms with Crippen LogP contribution in [0.3, 0.4) is 0 Å². The van der Waals surface area contributed by atoms with Gasteiger partial charge in [-0.15, -0.1) is 0 Å². The second-order valence-corrected chi connectivity index (χ2v) is 3.69. The number of oxazole rings is 1. The Morgan fingerprint density at radius 2 is 2.21 bits per heavy atom. The molecule has 0 saturated carbocycles. The third-order valence-electron chi connectivity index (χ3n) is 1.94. The molecule has 0 radical (unpaired) electrons. The highest BCUT2D eigenvalue weighted by atomic mass is 35.5. The average molecular weight is 231 g/mol. The van der Waals surface area contributed by atoms with Crippen LogP contribution in [-0.4, -0.2) is 4.98 Å². The van der Waals surface area contributed by atoms with Crippen molar-refractivity contribution in [2.45, 2.75) is 13.3 Å². The number of rotatable bonds is 1. The van der Waals surface area contributed by atoms with Crippen molar-refractivity contribution in [3.05, 3.63) is 22.0 Å². The van der Waals surface area contributed by atoms with E-state index in [0.29, 0.717) is 39.1 Å². The van der Waals surface area contributed by atoms with Crippen LogP contribution in [0.15, 0.2) is 10.5 Å². The largest absolute Gasteiger partial charge is 0.439 e. The van der Waals surface area contributed by atoms with Gasteiger partial charge in [-0.2, -0.15) is 0 Å². The van der Waals surface area contributed by atoms with E-state index in [9.17, 15) is 0 Å². The summed E-state index contributed by atoms with van der Waals surface area (Å²) in [4.78, 5) is 4.19. The quantitative estimate of drug-likeness (QED) is 0.766. The fourth-order valence-electron chi connectivity index (χ4n) is 1.23. The first-order valence-corrected chi connectivity index (χ1v) is 4.92. The summed E-state index contributed by atoms with van der Waals surface area (Å²) < 4.78 is 5.40. The van der Waals surface area contributed by atoms with Crippen molar-refractivity contribution in [3.8, 4) is 0 Å². The van der Waals surface area contributed by atoms with Crippen LogP contribution < -0.4 is 5.73 Å². The van der Waals surface area contributed by atoms with Crippen LogP contribution in [0.5, 0.6) is 0 Å². The van der Waals surface area contributed by atoms with Gasteiger partial charge in [0.1, 0.15) is 10.5 Å². The minimum absolute atomic E-state index is 0.372. The Hall–Kier alpha value is -0.930. The molecule has 0 saturated heterocycles. The molecule has 0 aliphatic rings. The zero-order valence-electron chi connectivity index (χ0n) is 7.47. The molecule has 2 aromatic rings. The summed E-state index contributed by atoms with van der Waals surface area (Å²) in [5.74, 6) is 0.606. The molecule has 74 valence electrons. The van der Waals surface area contributed by atoms with E-state index in [0.717, 1.165) is 0 Å². The lowest BCUT2D eigenvalue weighted by Crippen LogP contribution is -1.86. The van der Waals surface area contributed by atoms with E-state index in [-0.39, 0.29) is 0 Å². The zero-order chi connectivity index (χ0) is 10.3. The Morgan fingerprint density at radius 3 is 2.86 bits per heavy atom. The Labute approximate surface area is 90.8 Å². The van der Waals surface area contributed by atoms with Crippen LogP contribution in [0.4, 0.5) is 5.69 Å². The second kappa shape index (κ2) is 3.33. The minimum Gasteiger partial charge on any atom is -0.439 e. The number of fused-ring (bicyclic) bond motifs is 1. The van der Waals surface area contributed by atoms with Crippen molar-refractivity contribution in [1.29, 1.82) is 0 Å². The van der Waals surface area contributed by atoms with E-state index < -0.39 is 0 Å². The summed E-state index contributed by atoms with van der Waals surface area (Å²) in [7, 11) is 0. The summed E-state index contributed by atoms with van der Waals surface area (Å²) in [5, 5.41) is 0.835. The molecule has 0 atom stereocenters. The Morgan fingerprint density at radius 1 is 1.50 bits per heavy atom. The van der Waals surface area contributed by atoms with E-state index in [1.165, 1.54) is 0 Å². The lowest BCUT2D eigenvalue weighted by Gasteiger charge is -1.98. The van der Waals surface area contributed by atoms with Gasteiger partial charge in [-0.1, -0.05) is 30.1 Å². The van der Waals surface area contributed by atoms with Gasteiger partial charge in [0.2, 0.25) is 0 Å². The monoisotopic (exact) mass is 230 g/mol. The highest BCUT2D eigenvalue weighted by Gasteiger charge is 2.14. The minimum atomic E-state index is 0.372. The summed E-state index contributed by atoms with van der Waals surface area (Å²) in [5.41, 5.74) is 7.08. The Kier molecular flexibility index (Phi) is 2.29. The molecule has 5 heteroatoms. The first kappa shape index (κ1) is 9.62. The Bertz CT molecular complexity index is 493. The second-order valence-electron chi connectivity index (χ2n) is 2.90. The van der Waals surface area contributed by atoms with E-state index >= 15 is 0 Å². The number of nitrogens with two attached hydrogens (primary N) is 1. The number of hydrogen-bond acceptors (Lipinski definition) is 3. The van der Waals surface area contributed by atoms with Crippen molar-refractivity contribution >= 4 is 40.0 Å². The van der Waals surface area contributed by atoms with Gasteiger partial charge in [-0.25, -0.2) is 4.98 Å². The van der Waals surface area contributed by atoms with Gasteiger partial charge in [0.05, 0.1) is 10.7 Å². The predicted octanol–water partition coefficient (Wildman–Crippen LogP) is 3.28. The third kappa shape index (κ3) is 1.33. The van der Waals surface area contributed by atoms with Gasteiger partial charge in [0.25, 0.3) is 0 Å². The maximum atomic E-state index is 5.95. The maximum Gasteiger partial charge on any atom is 0.195 e. The Balaban J connectivity index is 2.84. The van der Waals surface area contributed by atoms with Gasteiger partial charge in [0, 0.05) is 6.42 Å². The molecule has 0 amide bonds. The predicted molar refractivity (Wildman–Crippen MR) is 57.8 cm³/mol. The number of hydrogen-bond donors (Lipinski definition) is 1. The number of nitrogen functional groups attached to an aromatic ring is 1. The first-order chi connectivity index (χ1) is 6.63. The van der Waals surface area contributed by atoms with Gasteiger partial charge in [-0.3, -0.25) is 0 Å². The van der Waals surface area contributed by atoms with E-state index in [1.807, 2.05) is 6.92 Å². The molecule has 1 aromatic heterocycles. The molecule has 1 heterocycles. The first-order valence-electron chi connectivity index (χ1n) is 4.16. The SMILES string of the molecule is CCc1nc2c(Cl)cc(N)c(Cl)c2o1. The van der Waals surface area contributed by atoms with E-state index in [4.69, 9.17) is 33.4 Å². The van der Waals surface area contributed by atoms with Crippen LogP contribution in [0.1, 0.15) is 12.8 Å². The standard InChI is InChI=1S/C9H8Cl2N2O/c1-2-6-13-8-4(10)3-5(12)7(11)9(8)14-6/h3H,2,12H2,1H3. The number of nitrogens with zero attached hydrogens (tertiary/aromatic N) is 1. The molecular formula is C9H8Cl2N2O. The molecule has 0 spiro atoms. The molecule has 3 nitrogen and oxygen atoms in total. The summed E-state index contributed by atoms with van der Waals surface area (Å²) in [6, 6.07) is 1.58. The highest BCUT2D eigenvalue weighted by Crippen LogP contribution is 2.34. The molecule has 0 bridgehead atoms. The molecule has 0 aliphatic carbocycles. The number of aryl methyl sites for hydroxylation is 1. The topological polar surface area (TPSA) is 52.0 Å². The molecule has 1 aromatic carbocycles. The fraction of sp³-hybridized carbons (Fsp3) is 0.222. The summed E-state index contributed by atoms with van der Waals surface area (Å²) >= 11 is 11.9. The smallest absolute Gasteiger partial charge is 0.195 e. The normalized spacial score (nSPS) is 11.1. The van der Waals surface area contributed by atoms with Crippen molar-refractivity contribution in [3.63, 3.8) is 0 Å². The van der Waals surface area contributed by atoms with Crippen LogP contribution >= 0.6 is 23.2 Å². The van der Waals surface area contributed by atoms with Gasteiger partial charge < -0.3 is 10.2 Å². The van der Waals surface area contributed by atoms with Crippen LogP contribution in [0.2, 0.25) is 10.0 Å². The molecule has 2 rings (SSSR count). The zero-order valence-corrected chi connectivity index (χ0v) is 8.99. The number of aromatic nitrogens is 1. The molecule has 0 fully saturated rings. The van der Waals surface area contributed by atoms with Crippen molar-refractivity contribution in [2.75, 3.05) is 5.73 Å². The van der Waals surface area contributed by atoms with E-state index in [2.05, 4.69) is 4.98 Å². The van der Waals surface area contributed by atoms with Crippen molar-refractivity contribution in [1.82, 2.24) is 4.98 Å². The van der Waals surface area contributed by atoms with Crippen molar-refractivity contribution in [2.24, 2.45) is 0 Å². The third-order valence-corrected chi connectivity index (χ3v) is 2.61. The fourth-order valence-corrected chi connectivity index (χ4v) is 1.65. The number of halogens is 2. The van der Waals surface area contributed by atoms with Crippen LogP contribution in [-0.2, 0) is 6.42 Å². The van der Waals surface area contributed by atoms with Gasteiger partial charge in [0.15, 0.2) is 11.5 Å². The highest BCUT2D eigenvalue weighted by molar-refractivity contribution is 6.41. The summed E-state index contributed by atoms with van der Waals surface area (Å²) in [6.07, 6.45) is 0.696. The molecular weight excluding hydrogens is 223 g/mol. The van der Waals surface area contributed by atoms with Crippen LogP contribution in [0, 0.1) is 0 Å². The lowest BCUT2D eigenvalue weighted by atomic mass is 10.3. The van der Waals surface area contributed by atoms with E-state index in [1.54, 1.807) is 6.07 Å².